The van der Waals surface area contributed by atoms with Crippen molar-refractivity contribution in [2.24, 2.45) is 0 Å². The number of nitrogens with one attached hydrogen (secondary N) is 1. The van der Waals surface area contributed by atoms with E-state index in [1.807, 2.05) is 12.1 Å². The van der Waals surface area contributed by atoms with Gasteiger partial charge in [0.15, 0.2) is 5.75 Å². The number of aromatic amines is 1. The lowest BCUT2D eigenvalue weighted by Gasteiger charge is -2.38. The van der Waals surface area contributed by atoms with Crippen molar-refractivity contribution in [2.45, 2.75) is 31.5 Å². The van der Waals surface area contributed by atoms with E-state index in [2.05, 4.69) is 15.1 Å². The molecule has 0 radical (unpaired) electrons. The Balaban J connectivity index is 1.35. The summed E-state index contributed by atoms with van der Waals surface area (Å²) in [7, 11) is 0. The third-order valence-corrected chi connectivity index (χ3v) is 8.58. The standard InChI is InChI=1S/C30H26F5N3O2S/c1-17(30(33,34)35)24-13-18(32)3-8-22(24)29-27(23-9-10-26-25(14-36-37-26)28(23)41-29)40-20-6-4-19(5-7-20)39-21-15-38(16-21)12-2-11-31/h3-10,13-14,17,21H,2,11-12,15-16H2,1H3,(H,36,37). The molecule has 0 saturated carbocycles. The predicted octanol–water partition coefficient (Wildman–Crippen LogP) is 8.46. The topological polar surface area (TPSA) is 50.4 Å². The highest BCUT2D eigenvalue weighted by atomic mass is 32.1. The Labute approximate surface area is 236 Å². The van der Waals surface area contributed by atoms with Gasteiger partial charge < -0.3 is 9.47 Å². The quantitative estimate of drug-likeness (QED) is 0.176. The molecule has 6 rings (SSSR count). The van der Waals surface area contributed by atoms with Gasteiger partial charge in [0.05, 0.1) is 29.2 Å². The average molecular weight is 588 g/mol. The second-order valence-corrected chi connectivity index (χ2v) is 11.2. The van der Waals surface area contributed by atoms with Crippen LogP contribution in [0.5, 0.6) is 17.2 Å². The summed E-state index contributed by atoms with van der Waals surface area (Å²) in [6, 6.07) is 14.2. The molecule has 1 fully saturated rings. The van der Waals surface area contributed by atoms with Crippen LogP contribution in [-0.4, -0.2) is 53.7 Å². The van der Waals surface area contributed by atoms with E-state index in [0.29, 0.717) is 40.5 Å². The van der Waals surface area contributed by atoms with E-state index in [9.17, 15) is 22.0 Å². The number of nitrogens with zero attached hydrogens (tertiary/aromatic N) is 2. The molecule has 5 nitrogen and oxygen atoms in total. The number of ether oxygens (including phenoxy) is 2. The van der Waals surface area contributed by atoms with E-state index in [0.717, 1.165) is 47.7 Å². The zero-order valence-corrected chi connectivity index (χ0v) is 22.8. The van der Waals surface area contributed by atoms with E-state index < -0.39 is 17.9 Å². The van der Waals surface area contributed by atoms with E-state index >= 15 is 0 Å². The fourth-order valence-electron chi connectivity index (χ4n) is 5.06. The van der Waals surface area contributed by atoms with Crippen molar-refractivity contribution >= 4 is 32.3 Å². The van der Waals surface area contributed by atoms with Crippen molar-refractivity contribution in [2.75, 3.05) is 26.3 Å². The third-order valence-electron chi connectivity index (χ3n) is 7.32. The van der Waals surface area contributed by atoms with Gasteiger partial charge in [0.25, 0.3) is 0 Å². The van der Waals surface area contributed by atoms with Crippen molar-refractivity contribution in [1.29, 1.82) is 0 Å². The van der Waals surface area contributed by atoms with Crippen LogP contribution in [-0.2, 0) is 0 Å². The molecule has 2 aromatic heterocycles. The SMILES string of the molecule is CC(c1cc(F)ccc1-c1sc2c(ccc3[nH]ncc32)c1Oc1ccc(OC2CN(CCCF)C2)cc1)C(F)(F)F. The number of hydrogen-bond donors (Lipinski definition) is 1. The maximum atomic E-state index is 14.2. The van der Waals surface area contributed by atoms with Crippen molar-refractivity contribution in [3.63, 3.8) is 0 Å². The van der Waals surface area contributed by atoms with Gasteiger partial charge in [0.2, 0.25) is 0 Å². The van der Waals surface area contributed by atoms with Crippen molar-refractivity contribution in [3.8, 4) is 27.7 Å². The van der Waals surface area contributed by atoms with Crippen molar-refractivity contribution in [1.82, 2.24) is 15.1 Å². The first kappa shape index (κ1) is 27.5. The predicted molar refractivity (Wildman–Crippen MR) is 149 cm³/mol. The Kier molecular flexibility index (Phi) is 7.33. The van der Waals surface area contributed by atoms with Gasteiger partial charge in [0, 0.05) is 35.1 Å². The highest BCUT2D eigenvalue weighted by Gasteiger charge is 2.39. The lowest BCUT2D eigenvalue weighted by atomic mass is 9.93. The van der Waals surface area contributed by atoms with Crippen LogP contribution in [0.3, 0.4) is 0 Å². The summed E-state index contributed by atoms with van der Waals surface area (Å²) in [6.45, 7) is 2.88. The molecular weight excluding hydrogens is 561 g/mol. The van der Waals surface area contributed by atoms with Crippen LogP contribution in [0, 0.1) is 5.82 Å². The maximum absolute atomic E-state index is 14.2. The fourth-order valence-corrected chi connectivity index (χ4v) is 6.35. The summed E-state index contributed by atoms with van der Waals surface area (Å²) >= 11 is 1.28. The van der Waals surface area contributed by atoms with Crippen LogP contribution < -0.4 is 9.47 Å². The minimum atomic E-state index is -4.56. The molecule has 1 unspecified atom stereocenters. The molecule has 41 heavy (non-hydrogen) atoms. The van der Waals surface area contributed by atoms with Crippen molar-refractivity contribution in [3.05, 3.63) is 72.2 Å². The van der Waals surface area contributed by atoms with Gasteiger partial charge >= 0.3 is 6.18 Å². The highest BCUT2D eigenvalue weighted by molar-refractivity contribution is 7.23. The Bertz CT molecular complexity index is 1680. The molecule has 1 aliphatic rings. The van der Waals surface area contributed by atoms with Crippen LogP contribution in [0.15, 0.2) is 60.8 Å². The number of H-pyrrole nitrogens is 1. The van der Waals surface area contributed by atoms with Crippen LogP contribution >= 0.6 is 11.3 Å². The zero-order chi connectivity index (χ0) is 28.7. The largest absolute Gasteiger partial charge is 0.488 e. The molecule has 1 atom stereocenters. The zero-order valence-electron chi connectivity index (χ0n) is 22.0. The van der Waals surface area contributed by atoms with E-state index in [1.54, 1.807) is 30.5 Å². The number of aromatic nitrogens is 2. The fraction of sp³-hybridized carbons (Fsp3) is 0.300. The number of halogens is 5. The number of likely N-dealkylation sites (tertiary alicyclic amines) is 1. The van der Waals surface area contributed by atoms with E-state index in [1.165, 1.54) is 17.4 Å². The number of hydrogen-bond acceptors (Lipinski definition) is 5. The van der Waals surface area contributed by atoms with Crippen LogP contribution in [0.1, 0.15) is 24.8 Å². The van der Waals surface area contributed by atoms with Crippen LogP contribution in [0.4, 0.5) is 22.0 Å². The first-order chi connectivity index (χ1) is 19.7. The van der Waals surface area contributed by atoms with Gasteiger partial charge in [-0.3, -0.25) is 14.4 Å². The lowest BCUT2D eigenvalue weighted by Crippen LogP contribution is -2.53. The maximum Gasteiger partial charge on any atom is 0.395 e. The Hall–Kier alpha value is -3.70. The minimum Gasteiger partial charge on any atom is -0.488 e. The number of benzene rings is 3. The molecule has 214 valence electrons. The molecule has 0 aliphatic carbocycles. The van der Waals surface area contributed by atoms with Gasteiger partial charge in [0.1, 0.15) is 23.4 Å². The van der Waals surface area contributed by atoms with Gasteiger partial charge in [-0.05, 0) is 73.0 Å². The Morgan fingerprint density at radius 1 is 1.05 bits per heavy atom. The number of thiophene rings is 1. The molecule has 1 saturated heterocycles. The van der Waals surface area contributed by atoms with Gasteiger partial charge in [-0.2, -0.15) is 18.3 Å². The summed E-state index contributed by atoms with van der Waals surface area (Å²) in [6.07, 6.45) is -2.35. The van der Waals surface area contributed by atoms with E-state index in [4.69, 9.17) is 9.47 Å². The molecule has 0 spiro atoms. The summed E-state index contributed by atoms with van der Waals surface area (Å²) < 4.78 is 81.2. The second kappa shape index (κ2) is 10.9. The first-order valence-electron chi connectivity index (χ1n) is 13.2. The monoisotopic (exact) mass is 587 g/mol. The summed E-state index contributed by atoms with van der Waals surface area (Å²) in [4.78, 5) is 2.59. The molecule has 3 aromatic carbocycles. The van der Waals surface area contributed by atoms with Gasteiger partial charge in [-0.15, -0.1) is 11.3 Å². The molecule has 1 N–H and O–H groups in total. The Morgan fingerprint density at radius 3 is 2.54 bits per heavy atom. The molecule has 5 aromatic rings. The van der Waals surface area contributed by atoms with Crippen LogP contribution in [0.25, 0.3) is 31.4 Å². The molecule has 11 heteroatoms. The molecule has 1 aliphatic heterocycles. The summed E-state index contributed by atoms with van der Waals surface area (Å²) in [5.41, 5.74) is 0.870. The Morgan fingerprint density at radius 2 is 1.80 bits per heavy atom. The van der Waals surface area contributed by atoms with Gasteiger partial charge in [-0.1, -0.05) is 6.07 Å². The van der Waals surface area contributed by atoms with Gasteiger partial charge in [-0.25, -0.2) is 4.39 Å². The smallest absolute Gasteiger partial charge is 0.395 e. The summed E-state index contributed by atoms with van der Waals surface area (Å²) in [5.74, 6) is -1.13. The number of fused-ring (bicyclic) bond motifs is 3. The molecule has 0 bridgehead atoms. The molecule has 3 heterocycles. The second-order valence-electron chi connectivity index (χ2n) is 10.1. The lowest BCUT2D eigenvalue weighted by molar-refractivity contribution is -0.146. The van der Waals surface area contributed by atoms with Crippen molar-refractivity contribution < 1.29 is 31.4 Å². The normalized spacial score (nSPS) is 15.4. The number of alkyl halides is 4. The third kappa shape index (κ3) is 5.48. The van der Waals surface area contributed by atoms with E-state index in [-0.39, 0.29) is 23.9 Å². The number of rotatable bonds is 9. The first-order valence-corrected chi connectivity index (χ1v) is 14.0. The summed E-state index contributed by atoms with van der Waals surface area (Å²) in [5, 5.41) is 8.54. The van der Waals surface area contributed by atoms with Crippen LogP contribution in [0.2, 0.25) is 0 Å². The highest BCUT2D eigenvalue weighted by Crippen LogP contribution is 2.51. The minimum absolute atomic E-state index is 0.0266. The average Bonchev–Trinajstić information content (AvgIpc) is 3.55. The molecular formula is C30H26F5N3O2S. The molecule has 0 amide bonds.